The van der Waals surface area contributed by atoms with Gasteiger partial charge in [-0.15, -0.1) is 0 Å². The summed E-state index contributed by atoms with van der Waals surface area (Å²) in [5.41, 5.74) is -0.685. The maximum absolute atomic E-state index is 11.4. The average Bonchev–Trinajstić information content (AvgIpc) is 2.00. The van der Waals surface area contributed by atoms with Gasteiger partial charge in [-0.3, -0.25) is 9.59 Å². The third-order valence-corrected chi connectivity index (χ3v) is 1.85. The fraction of sp³-hybridized carbons (Fsp3) is 0.800. The number of hydrogen-bond donors (Lipinski definition) is 3. The monoisotopic (exact) mass is 216 g/mol. The quantitative estimate of drug-likeness (QED) is 0.537. The molecule has 0 unspecified atom stereocenters. The lowest BCUT2D eigenvalue weighted by Crippen LogP contribution is -2.45. The van der Waals surface area contributed by atoms with E-state index < -0.39 is 11.5 Å². The number of rotatable bonds is 7. The number of nitrogens with one attached hydrogen (secondary N) is 2. The molecule has 0 radical (unpaired) electrons. The van der Waals surface area contributed by atoms with Crippen LogP contribution in [0.1, 0.15) is 33.6 Å². The van der Waals surface area contributed by atoms with Crippen molar-refractivity contribution in [1.29, 1.82) is 0 Å². The Labute approximate surface area is 90.2 Å². The van der Waals surface area contributed by atoms with E-state index in [9.17, 15) is 9.59 Å². The SMILES string of the molecule is CCNCCC(=O)NC(C)(C)CC(=O)O. The van der Waals surface area contributed by atoms with Crippen molar-refractivity contribution in [2.24, 2.45) is 0 Å². The van der Waals surface area contributed by atoms with Crippen molar-refractivity contribution in [2.45, 2.75) is 39.2 Å². The number of amides is 1. The molecule has 0 atom stereocenters. The molecule has 0 rings (SSSR count). The molecule has 0 heterocycles. The summed E-state index contributed by atoms with van der Waals surface area (Å²) < 4.78 is 0. The molecule has 0 saturated carbocycles. The zero-order valence-corrected chi connectivity index (χ0v) is 9.59. The summed E-state index contributed by atoms with van der Waals surface area (Å²) in [5.74, 6) is -1.03. The first-order valence-electron chi connectivity index (χ1n) is 5.11. The third kappa shape index (κ3) is 7.93. The highest BCUT2D eigenvalue weighted by Crippen LogP contribution is 2.07. The van der Waals surface area contributed by atoms with Crippen LogP contribution in [-0.4, -0.2) is 35.6 Å². The van der Waals surface area contributed by atoms with E-state index in [0.717, 1.165) is 6.54 Å². The second kappa shape index (κ2) is 6.40. The Balaban J connectivity index is 3.88. The van der Waals surface area contributed by atoms with Crippen molar-refractivity contribution in [1.82, 2.24) is 10.6 Å². The molecule has 0 bridgehead atoms. The van der Waals surface area contributed by atoms with Gasteiger partial charge in [0.2, 0.25) is 5.91 Å². The Hall–Kier alpha value is -1.10. The summed E-state index contributed by atoms with van der Waals surface area (Å²) in [6.45, 7) is 6.81. The molecule has 15 heavy (non-hydrogen) atoms. The van der Waals surface area contributed by atoms with E-state index in [4.69, 9.17) is 5.11 Å². The first-order chi connectivity index (χ1) is 6.87. The summed E-state index contributed by atoms with van der Waals surface area (Å²) in [6, 6.07) is 0. The fourth-order valence-electron chi connectivity index (χ4n) is 1.24. The number of aliphatic carboxylic acids is 1. The Morgan fingerprint density at radius 1 is 1.33 bits per heavy atom. The van der Waals surface area contributed by atoms with Crippen molar-refractivity contribution in [3.8, 4) is 0 Å². The number of carbonyl (C=O) groups excluding carboxylic acids is 1. The Morgan fingerprint density at radius 2 is 1.93 bits per heavy atom. The van der Waals surface area contributed by atoms with Crippen LogP contribution in [0.4, 0.5) is 0 Å². The molecule has 0 aliphatic rings. The van der Waals surface area contributed by atoms with Crippen molar-refractivity contribution >= 4 is 11.9 Å². The number of hydrogen-bond acceptors (Lipinski definition) is 3. The lowest BCUT2D eigenvalue weighted by molar-refractivity contribution is -0.138. The van der Waals surface area contributed by atoms with Gasteiger partial charge in [-0.05, 0) is 20.4 Å². The van der Waals surface area contributed by atoms with E-state index in [0.29, 0.717) is 13.0 Å². The van der Waals surface area contributed by atoms with Crippen molar-refractivity contribution in [3.05, 3.63) is 0 Å². The minimum Gasteiger partial charge on any atom is -0.481 e. The van der Waals surface area contributed by atoms with Crippen molar-refractivity contribution in [2.75, 3.05) is 13.1 Å². The van der Waals surface area contributed by atoms with Crippen LogP contribution in [0.25, 0.3) is 0 Å². The van der Waals surface area contributed by atoms with Crippen LogP contribution in [0, 0.1) is 0 Å². The highest BCUT2D eigenvalue weighted by atomic mass is 16.4. The summed E-state index contributed by atoms with van der Waals surface area (Å²) in [4.78, 5) is 21.9. The maximum atomic E-state index is 11.4. The first-order valence-corrected chi connectivity index (χ1v) is 5.11. The molecule has 5 nitrogen and oxygen atoms in total. The highest BCUT2D eigenvalue weighted by Gasteiger charge is 2.23. The van der Waals surface area contributed by atoms with Crippen molar-refractivity contribution in [3.63, 3.8) is 0 Å². The molecule has 0 aliphatic carbocycles. The lowest BCUT2D eigenvalue weighted by atomic mass is 10.0. The van der Waals surface area contributed by atoms with Gasteiger partial charge in [0.25, 0.3) is 0 Å². The van der Waals surface area contributed by atoms with Gasteiger partial charge in [-0.1, -0.05) is 6.92 Å². The second-order valence-corrected chi connectivity index (χ2v) is 4.11. The topological polar surface area (TPSA) is 78.4 Å². The molecule has 88 valence electrons. The van der Waals surface area contributed by atoms with Gasteiger partial charge in [0.05, 0.1) is 6.42 Å². The third-order valence-electron chi connectivity index (χ3n) is 1.85. The highest BCUT2D eigenvalue weighted by molar-refractivity contribution is 5.78. The first kappa shape index (κ1) is 13.9. The van der Waals surface area contributed by atoms with E-state index in [1.54, 1.807) is 13.8 Å². The predicted molar refractivity (Wildman–Crippen MR) is 57.6 cm³/mol. The predicted octanol–water partition coefficient (Wildman–Crippen LogP) is 0.355. The number of carboxylic acids is 1. The number of carbonyl (C=O) groups is 2. The Morgan fingerprint density at radius 3 is 2.40 bits per heavy atom. The Kier molecular flexibility index (Phi) is 5.93. The summed E-state index contributed by atoms with van der Waals surface area (Å²) >= 11 is 0. The molecule has 0 aromatic rings. The largest absolute Gasteiger partial charge is 0.481 e. The molecular formula is C10H20N2O3. The molecule has 5 heteroatoms. The van der Waals surface area contributed by atoms with Gasteiger partial charge in [0.15, 0.2) is 0 Å². The van der Waals surface area contributed by atoms with E-state index in [1.807, 2.05) is 6.92 Å². The molecular weight excluding hydrogens is 196 g/mol. The van der Waals surface area contributed by atoms with E-state index >= 15 is 0 Å². The van der Waals surface area contributed by atoms with E-state index in [-0.39, 0.29) is 12.3 Å². The lowest BCUT2D eigenvalue weighted by Gasteiger charge is -2.24. The van der Waals surface area contributed by atoms with Crippen LogP contribution in [0.15, 0.2) is 0 Å². The molecule has 3 N–H and O–H groups in total. The fourth-order valence-corrected chi connectivity index (χ4v) is 1.24. The molecule has 0 aromatic carbocycles. The molecule has 1 amide bonds. The van der Waals surface area contributed by atoms with Crippen LogP contribution < -0.4 is 10.6 Å². The zero-order chi connectivity index (χ0) is 11.9. The molecule has 0 spiro atoms. The van der Waals surface area contributed by atoms with E-state index in [1.165, 1.54) is 0 Å². The number of carboxylic acid groups (broad SMARTS) is 1. The second-order valence-electron chi connectivity index (χ2n) is 4.11. The standard InChI is InChI=1S/C10H20N2O3/c1-4-11-6-5-8(13)12-10(2,3)7-9(14)15/h11H,4-7H2,1-3H3,(H,12,13)(H,14,15). The summed E-state index contributed by atoms with van der Waals surface area (Å²) in [7, 11) is 0. The molecule has 0 saturated heterocycles. The normalized spacial score (nSPS) is 11.1. The van der Waals surface area contributed by atoms with Gasteiger partial charge >= 0.3 is 5.97 Å². The Bertz CT molecular complexity index is 227. The van der Waals surface area contributed by atoms with Gasteiger partial charge in [-0.25, -0.2) is 0 Å². The van der Waals surface area contributed by atoms with Gasteiger partial charge in [0.1, 0.15) is 0 Å². The molecule has 0 fully saturated rings. The van der Waals surface area contributed by atoms with Gasteiger partial charge < -0.3 is 15.7 Å². The van der Waals surface area contributed by atoms with E-state index in [2.05, 4.69) is 10.6 Å². The minimum absolute atomic E-state index is 0.0695. The molecule has 0 aromatic heterocycles. The summed E-state index contributed by atoms with van der Waals surface area (Å²) in [5, 5.41) is 14.3. The van der Waals surface area contributed by atoms with Gasteiger partial charge in [-0.2, -0.15) is 0 Å². The summed E-state index contributed by atoms with van der Waals surface area (Å²) in [6.07, 6.45) is 0.302. The van der Waals surface area contributed by atoms with Crippen LogP contribution in [0.5, 0.6) is 0 Å². The van der Waals surface area contributed by atoms with Crippen LogP contribution in [-0.2, 0) is 9.59 Å². The maximum Gasteiger partial charge on any atom is 0.305 e. The minimum atomic E-state index is -0.910. The van der Waals surface area contributed by atoms with Crippen LogP contribution in [0.2, 0.25) is 0 Å². The van der Waals surface area contributed by atoms with Crippen LogP contribution >= 0.6 is 0 Å². The van der Waals surface area contributed by atoms with Crippen LogP contribution in [0.3, 0.4) is 0 Å². The van der Waals surface area contributed by atoms with Gasteiger partial charge in [0, 0.05) is 18.5 Å². The smallest absolute Gasteiger partial charge is 0.305 e. The zero-order valence-electron chi connectivity index (χ0n) is 9.59. The van der Waals surface area contributed by atoms with Crippen molar-refractivity contribution < 1.29 is 14.7 Å². The molecule has 0 aliphatic heterocycles. The average molecular weight is 216 g/mol.